The lowest BCUT2D eigenvalue weighted by Gasteiger charge is -2.32. The van der Waals surface area contributed by atoms with Crippen molar-refractivity contribution in [2.45, 2.75) is 113 Å². The van der Waals surface area contributed by atoms with Crippen molar-refractivity contribution >= 4 is 89.0 Å². The van der Waals surface area contributed by atoms with Crippen LogP contribution in [0, 0.1) is 11.8 Å². The SMILES string of the molecule is CC(C)N(C)C(=O)C1CCC(NS(=O)(=O)c2ccc(N)c(N)c2)CC1.CC(C)N(C)C(=O)C1CCC(NS(=O)(=O)c2ccc3nc(Nc4ccccc4)[nH]c3c2)CC1.S=C=Nc1ccccc1. The van der Waals surface area contributed by atoms with Gasteiger partial charge in [0.15, 0.2) is 0 Å². The predicted molar refractivity (Wildman–Crippen MR) is 270 cm³/mol. The summed E-state index contributed by atoms with van der Waals surface area (Å²) in [5.74, 6) is 0.780. The number of nitrogens with zero attached hydrogens (tertiary/aromatic N) is 4. The molecular formula is C48H64N10O6S3. The molecule has 5 aromatic rings. The first-order chi connectivity index (χ1) is 31.8. The van der Waals surface area contributed by atoms with Crippen molar-refractivity contribution in [3.63, 3.8) is 0 Å². The number of amides is 2. The number of isothiocyanates is 1. The van der Waals surface area contributed by atoms with E-state index in [-0.39, 0.29) is 63.3 Å². The summed E-state index contributed by atoms with van der Waals surface area (Å²) >= 11 is 4.42. The Bertz CT molecular complexity index is 2700. The number of aromatic amines is 1. The van der Waals surface area contributed by atoms with Gasteiger partial charge in [0.05, 0.1) is 43.0 Å². The third-order valence-electron chi connectivity index (χ3n) is 12.1. The number of H-pyrrole nitrogens is 1. The number of hydrogen-bond donors (Lipinski definition) is 6. The van der Waals surface area contributed by atoms with Crippen LogP contribution in [-0.2, 0) is 29.6 Å². The highest BCUT2D eigenvalue weighted by Crippen LogP contribution is 2.30. The van der Waals surface area contributed by atoms with Gasteiger partial charge in [0.25, 0.3) is 0 Å². The number of fused-ring (bicyclic) bond motifs is 1. The molecule has 0 unspecified atom stereocenters. The summed E-state index contributed by atoms with van der Waals surface area (Å²) in [6.45, 7) is 7.95. The second-order valence-corrected chi connectivity index (χ2v) is 21.1. The third kappa shape index (κ3) is 14.9. The van der Waals surface area contributed by atoms with Crippen LogP contribution in [0.3, 0.4) is 0 Å². The van der Waals surface area contributed by atoms with Crippen LogP contribution >= 0.6 is 12.2 Å². The van der Waals surface area contributed by atoms with Crippen molar-refractivity contribution in [1.82, 2.24) is 29.2 Å². The van der Waals surface area contributed by atoms with Crippen molar-refractivity contribution < 1.29 is 26.4 Å². The first-order valence-electron chi connectivity index (χ1n) is 22.5. The number of rotatable bonds is 13. The number of hydrogen-bond acceptors (Lipinski definition) is 12. The highest BCUT2D eigenvalue weighted by atomic mass is 32.2. The van der Waals surface area contributed by atoms with E-state index in [0.717, 1.165) is 11.4 Å². The van der Waals surface area contributed by atoms with Gasteiger partial charge in [-0.3, -0.25) is 9.59 Å². The van der Waals surface area contributed by atoms with Gasteiger partial charge in [0, 0.05) is 55.8 Å². The molecule has 7 rings (SSSR count). The van der Waals surface area contributed by atoms with E-state index in [2.05, 4.69) is 47.1 Å². The lowest BCUT2D eigenvalue weighted by Crippen LogP contribution is -2.42. The minimum Gasteiger partial charge on any atom is -0.397 e. The zero-order valence-corrected chi connectivity index (χ0v) is 41.4. The summed E-state index contributed by atoms with van der Waals surface area (Å²) in [5, 5.41) is 5.47. The molecule has 2 saturated carbocycles. The fourth-order valence-corrected chi connectivity index (χ4v) is 10.5. The summed E-state index contributed by atoms with van der Waals surface area (Å²) in [5.41, 5.74) is 15.0. The topological polar surface area (TPSA) is 238 Å². The molecule has 0 radical (unpaired) electrons. The van der Waals surface area contributed by atoms with E-state index in [1.807, 2.05) is 102 Å². The summed E-state index contributed by atoms with van der Waals surface area (Å²) < 4.78 is 56.6. The molecule has 0 atom stereocenters. The summed E-state index contributed by atoms with van der Waals surface area (Å²) in [4.78, 5) is 40.2. The molecule has 360 valence electrons. The molecule has 2 aliphatic carbocycles. The average Bonchev–Trinajstić information content (AvgIpc) is 3.72. The molecule has 1 heterocycles. The van der Waals surface area contributed by atoms with Crippen LogP contribution in [0.2, 0.25) is 0 Å². The molecule has 8 N–H and O–H groups in total. The summed E-state index contributed by atoms with van der Waals surface area (Å²) in [7, 11) is -3.69. The monoisotopic (exact) mass is 972 g/mol. The van der Waals surface area contributed by atoms with Gasteiger partial charge in [-0.15, -0.1) is 0 Å². The van der Waals surface area contributed by atoms with Crippen LogP contribution in [0.4, 0.5) is 28.7 Å². The van der Waals surface area contributed by atoms with Gasteiger partial charge < -0.3 is 31.6 Å². The molecule has 1 aromatic heterocycles. The molecule has 0 saturated heterocycles. The maximum absolute atomic E-state index is 13.0. The van der Waals surface area contributed by atoms with E-state index in [0.29, 0.717) is 74.0 Å². The molecule has 16 nitrogen and oxygen atoms in total. The number of carbonyl (C=O) groups is 2. The lowest BCUT2D eigenvalue weighted by atomic mass is 9.85. The number of para-hydroxylation sites is 2. The molecule has 0 spiro atoms. The average molecular weight is 973 g/mol. The molecule has 0 bridgehead atoms. The first kappa shape index (κ1) is 52.3. The van der Waals surface area contributed by atoms with Crippen LogP contribution in [0.5, 0.6) is 0 Å². The Hall–Kier alpha value is -5.69. The van der Waals surface area contributed by atoms with Crippen molar-refractivity contribution in [2.75, 3.05) is 30.9 Å². The normalized spacial score (nSPS) is 18.4. The van der Waals surface area contributed by atoms with Gasteiger partial charge in [-0.2, -0.15) is 4.99 Å². The van der Waals surface area contributed by atoms with E-state index in [1.54, 1.807) is 28.0 Å². The molecule has 4 aromatic carbocycles. The van der Waals surface area contributed by atoms with E-state index in [4.69, 9.17) is 11.5 Å². The standard InChI is InChI=1S/C24H31N5O3S.C17H28N4O3S.C7H5NS/c1-16(2)29(3)23(30)17-9-11-19(12-10-17)28-33(31,32)20-13-14-21-22(15-20)27-24(26-21)25-18-7-5-4-6-8-18;1-11(2)21(3)17(22)12-4-6-13(7-5-12)20-25(23,24)14-8-9-15(18)16(19)10-14;9-6-8-7-4-2-1-3-5-7/h4-8,13-17,19,28H,9-12H2,1-3H3,(H2,25,26,27);8-13,20H,4-7,18-19H2,1-3H3;1-5H. The van der Waals surface area contributed by atoms with Gasteiger partial charge in [-0.1, -0.05) is 36.4 Å². The molecule has 0 aliphatic heterocycles. The van der Waals surface area contributed by atoms with Crippen LogP contribution in [0.1, 0.15) is 79.1 Å². The maximum Gasteiger partial charge on any atom is 0.240 e. The van der Waals surface area contributed by atoms with Crippen molar-refractivity contribution in [3.8, 4) is 0 Å². The van der Waals surface area contributed by atoms with Gasteiger partial charge >= 0.3 is 0 Å². The number of thiocarbonyl (C=S) groups is 1. The molecule has 67 heavy (non-hydrogen) atoms. The Kier molecular flexibility index (Phi) is 18.6. The highest BCUT2D eigenvalue weighted by molar-refractivity contribution is 7.89. The number of benzene rings is 4. The fraction of sp³-hybridized carbons (Fsp3) is 0.417. The Morgan fingerprint density at radius 2 is 1.15 bits per heavy atom. The van der Waals surface area contributed by atoms with Gasteiger partial charge in [-0.25, -0.2) is 31.3 Å². The highest BCUT2D eigenvalue weighted by Gasteiger charge is 2.33. The van der Waals surface area contributed by atoms with Crippen molar-refractivity contribution in [2.24, 2.45) is 16.8 Å². The van der Waals surface area contributed by atoms with Crippen molar-refractivity contribution in [1.29, 1.82) is 0 Å². The van der Waals surface area contributed by atoms with E-state index >= 15 is 0 Å². The quantitative estimate of drug-likeness (QED) is 0.0376. The molecule has 2 amide bonds. The summed E-state index contributed by atoms with van der Waals surface area (Å²) in [6.07, 6.45) is 5.35. The number of imidazole rings is 1. The van der Waals surface area contributed by atoms with E-state index in [9.17, 15) is 26.4 Å². The molecule has 2 aliphatic rings. The molecule has 19 heteroatoms. The third-order valence-corrected chi connectivity index (χ3v) is 15.3. The number of nitrogens with one attached hydrogen (secondary N) is 4. The largest absolute Gasteiger partial charge is 0.397 e. The van der Waals surface area contributed by atoms with Gasteiger partial charge in [0.2, 0.25) is 37.8 Å². The van der Waals surface area contributed by atoms with Gasteiger partial charge in [0.1, 0.15) is 0 Å². The van der Waals surface area contributed by atoms with Crippen LogP contribution < -0.4 is 26.2 Å². The number of sulfonamides is 2. The van der Waals surface area contributed by atoms with Crippen LogP contribution in [-0.4, -0.2) is 91.8 Å². The smallest absolute Gasteiger partial charge is 0.240 e. The maximum atomic E-state index is 13.0. The van der Waals surface area contributed by atoms with Crippen molar-refractivity contribution in [3.05, 3.63) is 97.1 Å². The zero-order chi connectivity index (χ0) is 48.9. The second kappa shape index (κ2) is 23.9. The Morgan fingerprint density at radius 3 is 1.61 bits per heavy atom. The number of aromatic nitrogens is 2. The Balaban J connectivity index is 0.000000217. The predicted octanol–water partition coefficient (Wildman–Crippen LogP) is 7.99. The number of carbonyl (C=O) groups excluding carboxylic acids is 2. The Morgan fingerprint density at radius 1 is 0.687 bits per heavy atom. The van der Waals surface area contributed by atoms with Crippen LogP contribution in [0.15, 0.2) is 112 Å². The minimum atomic E-state index is -3.68. The first-order valence-corrected chi connectivity index (χ1v) is 25.8. The number of aliphatic imine (C=N–C) groups is 1. The lowest BCUT2D eigenvalue weighted by molar-refractivity contribution is -0.137. The van der Waals surface area contributed by atoms with E-state index < -0.39 is 20.0 Å². The summed E-state index contributed by atoms with van der Waals surface area (Å²) in [6, 6.07) is 28.3. The Labute approximate surface area is 400 Å². The van der Waals surface area contributed by atoms with E-state index in [1.165, 1.54) is 18.2 Å². The molecule has 2 fully saturated rings. The molecular weight excluding hydrogens is 909 g/mol. The number of anilines is 4. The number of nitrogen functional groups attached to an aromatic ring is 2. The van der Waals surface area contributed by atoms with Gasteiger partial charge in [-0.05, 0) is 152 Å². The van der Waals surface area contributed by atoms with Crippen LogP contribution in [0.25, 0.3) is 11.0 Å². The fourth-order valence-electron chi connectivity index (χ4n) is 7.72. The number of nitrogens with two attached hydrogens (primary N) is 2. The second-order valence-electron chi connectivity index (χ2n) is 17.5. The zero-order valence-electron chi connectivity index (χ0n) is 39.0. The minimum absolute atomic E-state index is 0.0275.